The van der Waals surface area contributed by atoms with Gasteiger partial charge >= 0.3 is 0 Å². The number of carbonyl (C=O) groups is 1. The number of benzene rings is 1. The third kappa shape index (κ3) is 4.38. The minimum Gasteiger partial charge on any atom is -0.370 e. The Hall–Kier alpha value is -2.21. The van der Waals surface area contributed by atoms with Gasteiger partial charge in [-0.2, -0.15) is 5.10 Å². The Morgan fingerprint density at radius 1 is 1.15 bits per heavy atom. The summed E-state index contributed by atoms with van der Waals surface area (Å²) in [5, 5.41) is 7.32. The van der Waals surface area contributed by atoms with Crippen LogP contribution in [0.2, 0.25) is 0 Å². The van der Waals surface area contributed by atoms with Crippen molar-refractivity contribution in [1.29, 1.82) is 0 Å². The van der Waals surface area contributed by atoms with Crippen LogP contribution in [0.1, 0.15) is 63.5 Å². The molecule has 2 aromatic rings. The highest BCUT2D eigenvalue weighted by atomic mass is 16.5. The molecule has 0 bridgehead atoms. The second-order valence-corrected chi connectivity index (χ2v) is 7.86. The highest BCUT2D eigenvalue weighted by Crippen LogP contribution is 2.39. The molecule has 144 valence electrons. The Labute approximate surface area is 160 Å². The van der Waals surface area contributed by atoms with E-state index in [1.165, 1.54) is 38.4 Å². The summed E-state index contributed by atoms with van der Waals surface area (Å²) in [4.78, 5) is 15.6. The van der Waals surface area contributed by atoms with E-state index in [1.807, 2.05) is 12.1 Å². The van der Waals surface area contributed by atoms with Crippen LogP contribution in [0.25, 0.3) is 5.69 Å². The van der Waals surface area contributed by atoms with Crippen LogP contribution >= 0.6 is 0 Å². The molecule has 3 atom stereocenters. The van der Waals surface area contributed by atoms with Crippen LogP contribution in [0.15, 0.2) is 36.9 Å². The lowest BCUT2D eigenvalue weighted by atomic mass is 9.80. The first-order chi connectivity index (χ1) is 13.2. The van der Waals surface area contributed by atoms with E-state index in [-0.39, 0.29) is 24.2 Å². The lowest BCUT2D eigenvalue weighted by molar-refractivity contribution is -0.124. The lowest BCUT2D eigenvalue weighted by Gasteiger charge is -2.40. The van der Waals surface area contributed by atoms with Gasteiger partial charge in [0.15, 0.2) is 0 Å². The van der Waals surface area contributed by atoms with E-state index in [2.05, 4.69) is 27.5 Å². The van der Waals surface area contributed by atoms with Gasteiger partial charge in [-0.25, -0.2) is 9.67 Å². The Morgan fingerprint density at radius 2 is 1.93 bits per heavy atom. The number of nitrogens with zero attached hydrogens (tertiary/aromatic N) is 3. The zero-order chi connectivity index (χ0) is 18.6. The van der Waals surface area contributed by atoms with Gasteiger partial charge in [-0.05, 0) is 49.3 Å². The number of nitrogens with one attached hydrogen (secondary N) is 1. The maximum absolute atomic E-state index is 11.6. The molecule has 0 unspecified atom stereocenters. The molecule has 0 radical (unpaired) electrons. The van der Waals surface area contributed by atoms with Gasteiger partial charge in [0.2, 0.25) is 5.91 Å². The molecule has 6 heteroatoms. The monoisotopic (exact) mass is 368 g/mol. The first-order valence-corrected chi connectivity index (χ1v) is 10.1. The number of hydrogen-bond donors (Lipinski definition) is 1. The summed E-state index contributed by atoms with van der Waals surface area (Å²) in [6.07, 6.45) is 11.7. The normalized spacial score (nSPS) is 26.6. The SMILES string of the molecule is CC(=O)N[C@H]1C[C@@H](C2CCCCC2)O[C@@H](c2ccc(-n3cncn3)cc2)C1. The Kier molecular flexibility index (Phi) is 5.53. The minimum atomic E-state index is 0.0207. The third-order valence-corrected chi connectivity index (χ3v) is 5.89. The molecule has 2 fully saturated rings. The first-order valence-electron chi connectivity index (χ1n) is 10.1. The fourth-order valence-electron chi connectivity index (χ4n) is 4.57. The molecule has 1 N–H and O–H groups in total. The molecule has 1 saturated carbocycles. The fraction of sp³-hybridized carbons (Fsp3) is 0.571. The summed E-state index contributed by atoms with van der Waals surface area (Å²) in [5.41, 5.74) is 2.14. The van der Waals surface area contributed by atoms with Crippen LogP contribution in [0, 0.1) is 5.92 Å². The van der Waals surface area contributed by atoms with Crippen LogP contribution < -0.4 is 5.32 Å². The Bertz CT molecular complexity index is 738. The maximum atomic E-state index is 11.6. The van der Waals surface area contributed by atoms with E-state index >= 15 is 0 Å². The number of rotatable bonds is 4. The molecule has 1 aliphatic carbocycles. The second-order valence-electron chi connectivity index (χ2n) is 7.86. The Balaban J connectivity index is 1.51. The van der Waals surface area contributed by atoms with Gasteiger partial charge in [-0.3, -0.25) is 4.79 Å². The average molecular weight is 368 g/mol. The second kappa shape index (κ2) is 8.21. The smallest absolute Gasteiger partial charge is 0.217 e. The van der Waals surface area contributed by atoms with E-state index in [0.717, 1.165) is 24.1 Å². The summed E-state index contributed by atoms with van der Waals surface area (Å²) in [5.74, 6) is 0.664. The topological polar surface area (TPSA) is 69.0 Å². The van der Waals surface area contributed by atoms with Gasteiger partial charge in [0.1, 0.15) is 12.7 Å². The van der Waals surface area contributed by atoms with E-state index < -0.39 is 0 Å². The third-order valence-electron chi connectivity index (χ3n) is 5.89. The molecule has 0 spiro atoms. The molecule has 1 amide bonds. The van der Waals surface area contributed by atoms with Crippen molar-refractivity contribution in [3.05, 3.63) is 42.5 Å². The van der Waals surface area contributed by atoms with Crippen molar-refractivity contribution >= 4 is 5.91 Å². The largest absolute Gasteiger partial charge is 0.370 e. The van der Waals surface area contributed by atoms with Crippen molar-refractivity contribution in [2.24, 2.45) is 5.92 Å². The van der Waals surface area contributed by atoms with Gasteiger partial charge in [0.05, 0.1) is 17.9 Å². The number of aromatic nitrogens is 3. The fourth-order valence-corrected chi connectivity index (χ4v) is 4.57. The summed E-state index contributed by atoms with van der Waals surface area (Å²) >= 11 is 0. The molecule has 1 aromatic heterocycles. The Morgan fingerprint density at radius 3 is 2.59 bits per heavy atom. The standard InChI is InChI=1S/C21H28N4O2/c1-15(26)24-18-11-20(16-5-3-2-4-6-16)27-21(12-18)17-7-9-19(10-8-17)25-14-22-13-23-25/h7-10,13-14,16,18,20-21H,2-6,11-12H2,1H3,(H,24,26)/t18-,20-,21+/m0/s1. The van der Waals surface area contributed by atoms with Crippen molar-refractivity contribution in [3.8, 4) is 5.69 Å². The molecule has 1 saturated heterocycles. The van der Waals surface area contributed by atoms with Crippen molar-refractivity contribution < 1.29 is 9.53 Å². The minimum absolute atomic E-state index is 0.0207. The van der Waals surface area contributed by atoms with Crippen molar-refractivity contribution in [3.63, 3.8) is 0 Å². The number of ether oxygens (including phenoxy) is 1. The van der Waals surface area contributed by atoms with Crippen LogP contribution in [-0.2, 0) is 9.53 Å². The van der Waals surface area contributed by atoms with Crippen molar-refractivity contribution in [2.75, 3.05) is 0 Å². The molecule has 27 heavy (non-hydrogen) atoms. The van der Waals surface area contributed by atoms with Gasteiger partial charge in [-0.15, -0.1) is 0 Å². The first kappa shape index (κ1) is 18.2. The zero-order valence-electron chi connectivity index (χ0n) is 15.9. The number of carbonyl (C=O) groups excluding carboxylic acids is 1. The van der Waals surface area contributed by atoms with Crippen LogP contribution in [0.4, 0.5) is 0 Å². The molecule has 1 aromatic carbocycles. The zero-order valence-corrected chi connectivity index (χ0v) is 15.9. The predicted molar refractivity (Wildman–Crippen MR) is 102 cm³/mol. The van der Waals surface area contributed by atoms with E-state index in [4.69, 9.17) is 4.74 Å². The quantitative estimate of drug-likeness (QED) is 0.896. The van der Waals surface area contributed by atoms with E-state index in [0.29, 0.717) is 5.92 Å². The van der Waals surface area contributed by atoms with Gasteiger partial charge in [0, 0.05) is 13.0 Å². The summed E-state index contributed by atoms with van der Waals surface area (Å²) in [6.45, 7) is 1.60. The molecule has 2 aliphatic rings. The number of hydrogen-bond acceptors (Lipinski definition) is 4. The molecular formula is C21H28N4O2. The van der Waals surface area contributed by atoms with E-state index in [1.54, 1.807) is 17.9 Å². The van der Waals surface area contributed by atoms with Gasteiger partial charge < -0.3 is 10.1 Å². The predicted octanol–water partition coefficient (Wildman–Crippen LogP) is 3.57. The summed E-state index contributed by atoms with van der Waals surface area (Å²) < 4.78 is 8.31. The summed E-state index contributed by atoms with van der Waals surface area (Å²) in [6, 6.07) is 8.49. The molecule has 1 aliphatic heterocycles. The maximum Gasteiger partial charge on any atom is 0.217 e. The van der Waals surface area contributed by atoms with Crippen molar-refractivity contribution in [1.82, 2.24) is 20.1 Å². The molecule has 2 heterocycles. The van der Waals surface area contributed by atoms with Crippen LogP contribution in [-0.4, -0.2) is 32.8 Å². The highest BCUT2D eigenvalue weighted by molar-refractivity contribution is 5.73. The summed E-state index contributed by atoms with van der Waals surface area (Å²) in [7, 11) is 0. The van der Waals surface area contributed by atoms with E-state index in [9.17, 15) is 4.79 Å². The van der Waals surface area contributed by atoms with Gasteiger partial charge in [0.25, 0.3) is 0 Å². The van der Waals surface area contributed by atoms with Gasteiger partial charge in [-0.1, -0.05) is 31.4 Å². The van der Waals surface area contributed by atoms with Crippen LogP contribution in [0.3, 0.4) is 0 Å². The highest BCUT2D eigenvalue weighted by Gasteiger charge is 2.35. The molecule has 4 rings (SSSR count). The lowest BCUT2D eigenvalue weighted by Crippen LogP contribution is -2.44. The average Bonchev–Trinajstić information content (AvgIpc) is 3.23. The number of amides is 1. The van der Waals surface area contributed by atoms with Crippen molar-refractivity contribution in [2.45, 2.75) is 70.1 Å². The molecular weight excluding hydrogens is 340 g/mol. The van der Waals surface area contributed by atoms with Crippen LogP contribution in [0.5, 0.6) is 0 Å². The molecule has 6 nitrogen and oxygen atoms in total.